The summed E-state index contributed by atoms with van der Waals surface area (Å²) >= 11 is 0. The van der Waals surface area contributed by atoms with Gasteiger partial charge in [0.15, 0.2) is 5.75 Å². The van der Waals surface area contributed by atoms with Crippen LogP contribution in [0.5, 0.6) is 5.75 Å². The number of aromatic amines is 1. The van der Waals surface area contributed by atoms with E-state index in [2.05, 4.69) is 15.6 Å². The number of anilines is 1. The van der Waals surface area contributed by atoms with Gasteiger partial charge in [-0.3, -0.25) is 19.3 Å². The summed E-state index contributed by atoms with van der Waals surface area (Å²) < 4.78 is 24.6. The number of imide groups is 1. The molecule has 11 heteroatoms. The number of aryl methyl sites for hydroxylation is 1. The molecule has 3 aliphatic rings. The van der Waals surface area contributed by atoms with Crippen molar-refractivity contribution in [3.63, 3.8) is 0 Å². The Labute approximate surface area is 212 Å². The molecule has 194 valence electrons. The number of halogens is 1. The maximum Gasteiger partial charge on any atom is 0.413 e. The maximum atomic E-state index is 13.8. The number of hydrogen-bond donors (Lipinski definition) is 3. The van der Waals surface area contributed by atoms with Gasteiger partial charge in [0.1, 0.15) is 11.9 Å². The van der Waals surface area contributed by atoms with Gasteiger partial charge in [0, 0.05) is 42.3 Å². The van der Waals surface area contributed by atoms with Crippen molar-refractivity contribution in [1.29, 1.82) is 0 Å². The van der Waals surface area contributed by atoms with Gasteiger partial charge in [-0.05, 0) is 56.9 Å². The average molecular weight is 511 g/mol. The molecule has 0 radical (unpaired) electrons. The predicted molar refractivity (Wildman–Crippen MR) is 131 cm³/mol. The van der Waals surface area contributed by atoms with Crippen LogP contribution >= 0.6 is 0 Å². The third-order valence-corrected chi connectivity index (χ3v) is 6.97. The van der Waals surface area contributed by atoms with Gasteiger partial charge in [-0.1, -0.05) is 0 Å². The Bertz CT molecular complexity index is 1330. The van der Waals surface area contributed by atoms with Crippen LogP contribution in [0.2, 0.25) is 0 Å². The van der Waals surface area contributed by atoms with Gasteiger partial charge in [0.2, 0.25) is 5.91 Å². The van der Waals surface area contributed by atoms with Crippen molar-refractivity contribution in [3.05, 3.63) is 46.5 Å². The zero-order valence-electron chi connectivity index (χ0n) is 20.5. The highest BCUT2D eigenvalue weighted by Crippen LogP contribution is 2.35. The smallest absolute Gasteiger partial charge is 0.408 e. The molecule has 2 saturated heterocycles. The number of likely N-dealkylation sites (tertiary alicyclic amines) is 1. The molecule has 10 nitrogen and oxygen atoms in total. The van der Waals surface area contributed by atoms with Crippen molar-refractivity contribution in [1.82, 2.24) is 15.2 Å². The molecule has 2 fully saturated rings. The van der Waals surface area contributed by atoms with E-state index in [0.29, 0.717) is 48.0 Å². The highest BCUT2D eigenvalue weighted by atomic mass is 19.1. The number of aromatic nitrogens is 1. The number of amides is 4. The van der Waals surface area contributed by atoms with E-state index < -0.39 is 23.9 Å². The number of nitrogens with one attached hydrogen (secondary N) is 3. The lowest BCUT2D eigenvalue weighted by atomic mass is 10.00. The molecule has 2 aromatic rings. The molecule has 4 amide bonds. The van der Waals surface area contributed by atoms with Crippen LogP contribution in [0.4, 0.5) is 14.9 Å². The first-order chi connectivity index (χ1) is 17.7. The predicted octanol–water partition coefficient (Wildman–Crippen LogP) is 2.91. The Kier molecular flexibility index (Phi) is 6.55. The van der Waals surface area contributed by atoms with E-state index in [1.165, 1.54) is 23.1 Å². The molecule has 1 atom stereocenters. The summed E-state index contributed by atoms with van der Waals surface area (Å²) in [5, 5.41) is 5.20. The Morgan fingerprint density at radius 2 is 2.00 bits per heavy atom. The minimum Gasteiger partial charge on any atom is -0.408 e. The van der Waals surface area contributed by atoms with E-state index in [9.17, 15) is 23.6 Å². The number of ether oxygens (including phenoxy) is 2. The average Bonchev–Trinajstić information content (AvgIpc) is 3.41. The van der Waals surface area contributed by atoms with Crippen LogP contribution in [0, 0.1) is 25.6 Å². The van der Waals surface area contributed by atoms with Crippen LogP contribution in [0.25, 0.3) is 11.6 Å². The summed E-state index contributed by atoms with van der Waals surface area (Å²) in [6, 6.07) is 3.05. The molecule has 5 rings (SSSR count). The number of carbonyl (C=O) groups excluding carboxylic acids is 4. The molecule has 0 saturated carbocycles. The van der Waals surface area contributed by atoms with Crippen molar-refractivity contribution in [2.24, 2.45) is 5.92 Å². The van der Waals surface area contributed by atoms with E-state index in [1.807, 2.05) is 0 Å². The van der Waals surface area contributed by atoms with Crippen molar-refractivity contribution >= 4 is 41.2 Å². The molecule has 4 heterocycles. The molecule has 0 unspecified atom stereocenters. The number of rotatable bonds is 5. The van der Waals surface area contributed by atoms with Gasteiger partial charge in [-0.2, -0.15) is 0 Å². The number of nitrogens with zero attached hydrogens (tertiary/aromatic N) is 1. The Hall–Kier alpha value is -3.99. The van der Waals surface area contributed by atoms with Crippen molar-refractivity contribution in [2.45, 2.75) is 39.2 Å². The van der Waals surface area contributed by atoms with Crippen LogP contribution in [0.1, 0.15) is 41.8 Å². The number of benzene rings is 1. The SMILES string of the molecule is Cc1[nH]c(/C=C2\C(=O)Nc3ccc(F)cc32)c(C)c1OC(=O)N[C@H]1CC(=O)N(CC2CCOCC2)C1=O. The van der Waals surface area contributed by atoms with Crippen molar-refractivity contribution < 1.29 is 33.0 Å². The Morgan fingerprint density at radius 1 is 1.24 bits per heavy atom. The first-order valence-corrected chi connectivity index (χ1v) is 12.1. The minimum atomic E-state index is -0.991. The summed E-state index contributed by atoms with van der Waals surface area (Å²) in [7, 11) is 0. The molecular formula is C26H27FN4O6. The summed E-state index contributed by atoms with van der Waals surface area (Å²) in [6.07, 6.45) is 2.15. The molecule has 3 aliphatic heterocycles. The highest BCUT2D eigenvalue weighted by molar-refractivity contribution is 6.34. The standard InChI is InChI=1S/C26H27FN4O6/c1-13-20(10-18-17-9-16(27)3-4-19(17)29-24(18)33)28-14(2)23(13)37-26(35)30-21-11-22(32)31(25(21)34)12-15-5-7-36-8-6-15/h3-4,9-10,15,21,28H,5-8,11-12H2,1-2H3,(H,29,33)(H,30,35)/b18-10-/t21-/m0/s1. The fourth-order valence-corrected chi connectivity index (χ4v) is 4.94. The quantitative estimate of drug-likeness (QED) is 0.419. The second-order valence-corrected chi connectivity index (χ2v) is 9.51. The molecule has 37 heavy (non-hydrogen) atoms. The first kappa shape index (κ1) is 24.7. The van der Waals surface area contributed by atoms with Gasteiger partial charge in [-0.25, -0.2) is 9.18 Å². The molecule has 0 bridgehead atoms. The lowest BCUT2D eigenvalue weighted by Gasteiger charge is -2.26. The van der Waals surface area contributed by atoms with Crippen LogP contribution < -0.4 is 15.4 Å². The van der Waals surface area contributed by atoms with Gasteiger partial charge >= 0.3 is 6.09 Å². The van der Waals surface area contributed by atoms with Crippen molar-refractivity contribution in [3.8, 4) is 5.75 Å². The van der Waals surface area contributed by atoms with E-state index >= 15 is 0 Å². The molecule has 0 aliphatic carbocycles. The van der Waals surface area contributed by atoms with E-state index in [4.69, 9.17) is 9.47 Å². The minimum absolute atomic E-state index is 0.120. The fraction of sp³-hybridized carbons (Fsp3) is 0.385. The van der Waals surface area contributed by atoms with Crippen molar-refractivity contribution in [2.75, 3.05) is 25.1 Å². The summed E-state index contributed by atoms with van der Waals surface area (Å²) in [6.45, 7) is 4.94. The van der Waals surface area contributed by atoms with Crippen LogP contribution in [0.3, 0.4) is 0 Å². The van der Waals surface area contributed by atoms with Gasteiger partial charge in [-0.15, -0.1) is 0 Å². The Balaban J connectivity index is 1.27. The number of hydrogen-bond acceptors (Lipinski definition) is 6. The summed E-state index contributed by atoms with van der Waals surface area (Å²) in [5.74, 6) is -1.18. The lowest BCUT2D eigenvalue weighted by molar-refractivity contribution is -0.140. The largest absolute Gasteiger partial charge is 0.413 e. The Morgan fingerprint density at radius 3 is 2.76 bits per heavy atom. The zero-order chi connectivity index (χ0) is 26.3. The summed E-state index contributed by atoms with van der Waals surface area (Å²) in [4.78, 5) is 54.6. The lowest BCUT2D eigenvalue weighted by Crippen LogP contribution is -2.44. The topological polar surface area (TPSA) is 130 Å². The van der Waals surface area contributed by atoms with Gasteiger partial charge < -0.3 is 25.1 Å². The van der Waals surface area contributed by atoms with Crippen LogP contribution in [0.15, 0.2) is 18.2 Å². The van der Waals surface area contributed by atoms with E-state index in [-0.39, 0.29) is 35.5 Å². The zero-order valence-corrected chi connectivity index (χ0v) is 20.5. The van der Waals surface area contributed by atoms with Gasteiger partial charge in [0.25, 0.3) is 11.8 Å². The molecule has 3 N–H and O–H groups in total. The molecule has 1 aromatic carbocycles. The normalized spacial score (nSPS) is 20.9. The van der Waals surface area contributed by atoms with E-state index in [1.54, 1.807) is 19.9 Å². The number of H-pyrrole nitrogens is 1. The second kappa shape index (κ2) is 9.81. The number of carbonyl (C=O) groups is 4. The molecule has 1 aromatic heterocycles. The molecular weight excluding hydrogens is 483 g/mol. The van der Waals surface area contributed by atoms with E-state index in [0.717, 1.165) is 12.8 Å². The third-order valence-electron chi connectivity index (χ3n) is 6.97. The summed E-state index contributed by atoms with van der Waals surface area (Å²) in [5.41, 5.74) is 2.80. The number of fused-ring (bicyclic) bond motifs is 1. The highest BCUT2D eigenvalue weighted by Gasteiger charge is 2.41. The fourth-order valence-electron chi connectivity index (χ4n) is 4.94. The van der Waals surface area contributed by atoms with Crippen LogP contribution in [-0.4, -0.2) is 59.5 Å². The van der Waals surface area contributed by atoms with Crippen LogP contribution in [-0.2, 0) is 19.1 Å². The first-order valence-electron chi connectivity index (χ1n) is 12.1. The third kappa shape index (κ3) is 4.86. The van der Waals surface area contributed by atoms with Gasteiger partial charge in [0.05, 0.1) is 17.7 Å². The second-order valence-electron chi connectivity index (χ2n) is 9.51. The monoisotopic (exact) mass is 510 g/mol. The molecule has 0 spiro atoms. The maximum absolute atomic E-state index is 13.8.